The molecule has 0 saturated carbocycles. The summed E-state index contributed by atoms with van der Waals surface area (Å²) in [7, 11) is 2.09. The third kappa shape index (κ3) is 2.37. The highest BCUT2D eigenvalue weighted by atomic mass is 32.1. The molecule has 122 valence electrons. The highest BCUT2D eigenvalue weighted by Gasteiger charge is 2.21. The molecule has 0 aliphatic heterocycles. The number of thiophene rings is 1. The summed E-state index contributed by atoms with van der Waals surface area (Å²) in [6.07, 6.45) is 1.66. The van der Waals surface area contributed by atoms with Gasteiger partial charge in [-0.3, -0.25) is 0 Å². The third-order valence-corrected chi connectivity index (χ3v) is 6.85. The quantitative estimate of drug-likeness (QED) is 0.512. The number of para-hydroxylation sites is 1. The van der Waals surface area contributed by atoms with E-state index in [1.54, 1.807) is 29.0 Å². The zero-order chi connectivity index (χ0) is 16.8. The number of fused-ring (bicyclic) bond motifs is 2. The first kappa shape index (κ1) is 15.5. The van der Waals surface area contributed by atoms with Crippen LogP contribution < -0.4 is 4.90 Å². The molecule has 0 aliphatic carbocycles. The van der Waals surface area contributed by atoms with Gasteiger partial charge in [0.15, 0.2) is 0 Å². The Morgan fingerprint density at radius 2 is 1.88 bits per heavy atom. The van der Waals surface area contributed by atoms with Crippen LogP contribution in [0.1, 0.15) is 28.4 Å². The standard InChI is InChI=1S/C18H18N4S2/c1-10-12(3)23-18-15(10)16(19-9-20-18)22(4)11(2)17-21-13-7-5-6-8-14(13)24-17/h5-9,11H,1-4H3/t11-/m0/s1. The van der Waals surface area contributed by atoms with E-state index in [1.807, 2.05) is 6.07 Å². The van der Waals surface area contributed by atoms with E-state index in [-0.39, 0.29) is 6.04 Å². The van der Waals surface area contributed by atoms with Crippen molar-refractivity contribution in [2.45, 2.75) is 26.8 Å². The van der Waals surface area contributed by atoms with E-state index < -0.39 is 0 Å². The zero-order valence-electron chi connectivity index (χ0n) is 14.1. The number of aromatic nitrogens is 3. The first-order chi connectivity index (χ1) is 11.6. The molecule has 1 aromatic carbocycles. The van der Waals surface area contributed by atoms with Gasteiger partial charge in [-0.25, -0.2) is 15.0 Å². The Bertz CT molecular complexity index is 1000. The minimum Gasteiger partial charge on any atom is -0.350 e. The molecule has 0 N–H and O–H groups in total. The van der Waals surface area contributed by atoms with Crippen LogP contribution in [-0.4, -0.2) is 22.0 Å². The molecule has 0 aliphatic rings. The molecule has 24 heavy (non-hydrogen) atoms. The average Bonchev–Trinajstić information content (AvgIpc) is 3.15. The molecular formula is C18H18N4S2. The monoisotopic (exact) mass is 354 g/mol. The van der Waals surface area contributed by atoms with Crippen molar-refractivity contribution in [3.8, 4) is 0 Å². The van der Waals surface area contributed by atoms with Crippen molar-refractivity contribution in [1.29, 1.82) is 0 Å². The van der Waals surface area contributed by atoms with Crippen molar-refractivity contribution < 1.29 is 0 Å². The number of benzene rings is 1. The van der Waals surface area contributed by atoms with Crippen LogP contribution in [0, 0.1) is 13.8 Å². The van der Waals surface area contributed by atoms with Crippen molar-refractivity contribution in [1.82, 2.24) is 15.0 Å². The lowest BCUT2D eigenvalue weighted by Gasteiger charge is -2.25. The lowest BCUT2D eigenvalue weighted by Crippen LogP contribution is -2.22. The first-order valence-corrected chi connectivity index (χ1v) is 9.48. The molecule has 0 saturated heterocycles. The van der Waals surface area contributed by atoms with Gasteiger partial charge in [0, 0.05) is 11.9 Å². The average molecular weight is 355 g/mol. The van der Waals surface area contributed by atoms with Crippen molar-refractivity contribution in [3.05, 3.63) is 46.0 Å². The molecule has 0 spiro atoms. The number of hydrogen-bond donors (Lipinski definition) is 0. The fraction of sp³-hybridized carbons (Fsp3) is 0.278. The minimum absolute atomic E-state index is 0.153. The Hall–Kier alpha value is -2.05. The van der Waals surface area contributed by atoms with Crippen molar-refractivity contribution in [2.75, 3.05) is 11.9 Å². The highest BCUT2D eigenvalue weighted by molar-refractivity contribution is 7.19. The van der Waals surface area contributed by atoms with Crippen LogP contribution in [0.25, 0.3) is 20.4 Å². The lowest BCUT2D eigenvalue weighted by molar-refractivity contribution is 0.726. The summed E-state index contributed by atoms with van der Waals surface area (Å²) in [5.41, 5.74) is 2.34. The predicted octanol–water partition coefficient (Wildman–Crippen LogP) is 5.12. The van der Waals surface area contributed by atoms with Gasteiger partial charge >= 0.3 is 0 Å². The van der Waals surface area contributed by atoms with Crippen LogP contribution in [0.3, 0.4) is 0 Å². The van der Waals surface area contributed by atoms with Gasteiger partial charge in [0.1, 0.15) is 22.0 Å². The summed E-state index contributed by atoms with van der Waals surface area (Å²) in [4.78, 5) is 18.4. The molecule has 0 bridgehead atoms. The largest absolute Gasteiger partial charge is 0.350 e. The van der Waals surface area contributed by atoms with E-state index >= 15 is 0 Å². The highest BCUT2D eigenvalue weighted by Crippen LogP contribution is 2.37. The molecule has 0 fully saturated rings. The second-order valence-corrected chi connectivity index (χ2v) is 8.23. The number of rotatable bonds is 3. The molecule has 4 nitrogen and oxygen atoms in total. The Balaban J connectivity index is 1.79. The summed E-state index contributed by atoms with van der Waals surface area (Å²) < 4.78 is 1.23. The van der Waals surface area contributed by atoms with Gasteiger partial charge < -0.3 is 4.90 Å². The molecule has 0 radical (unpaired) electrons. The van der Waals surface area contributed by atoms with Crippen LogP contribution in [0.15, 0.2) is 30.6 Å². The molecular weight excluding hydrogens is 336 g/mol. The van der Waals surface area contributed by atoms with E-state index in [9.17, 15) is 0 Å². The van der Waals surface area contributed by atoms with Gasteiger partial charge in [0.25, 0.3) is 0 Å². The molecule has 3 aromatic heterocycles. The summed E-state index contributed by atoms with van der Waals surface area (Å²) in [5.74, 6) is 0.980. The van der Waals surface area contributed by atoms with Crippen molar-refractivity contribution in [3.63, 3.8) is 0 Å². The summed E-state index contributed by atoms with van der Waals surface area (Å²) in [6, 6.07) is 8.44. The molecule has 3 heterocycles. The number of thiazole rings is 1. The van der Waals surface area contributed by atoms with Crippen molar-refractivity contribution in [2.24, 2.45) is 0 Å². The summed E-state index contributed by atoms with van der Waals surface area (Å²) in [6.45, 7) is 6.47. The van der Waals surface area contributed by atoms with Crippen molar-refractivity contribution >= 4 is 48.9 Å². The molecule has 0 unspecified atom stereocenters. The normalized spacial score (nSPS) is 12.8. The molecule has 4 aromatic rings. The second-order valence-electron chi connectivity index (χ2n) is 5.97. The maximum Gasteiger partial charge on any atom is 0.141 e. The third-order valence-electron chi connectivity index (χ3n) is 4.53. The Morgan fingerprint density at radius 3 is 2.67 bits per heavy atom. The molecule has 4 rings (SSSR count). The SMILES string of the molecule is Cc1sc2ncnc(N(C)[C@@H](C)c3nc4ccccc4s3)c2c1C. The minimum atomic E-state index is 0.153. The van der Waals surface area contributed by atoms with Crippen LogP contribution in [0.4, 0.5) is 5.82 Å². The van der Waals surface area contributed by atoms with Gasteiger partial charge in [0.05, 0.1) is 21.6 Å². The first-order valence-electron chi connectivity index (χ1n) is 7.85. The maximum absolute atomic E-state index is 4.80. The van der Waals surface area contributed by atoms with E-state index in [2.05, 4.69) is 60.9 Å². The second kappa shape index (κ2) is 5.79. The van der Waals surface area contributed by atoms with Crippen LogP contribution >= 0.6 is 22.7 Å². The topological polar surface area (TPSA) is 41.9 Å². The Labute approximate surface area is 148 Å². The number of hydrogen-bond acceptors (Lipinski definition) is 6. The van der Waals surface area contributed by atoms with E-state index in [1.165, 1.54) is 15.1 Å². The Kier molecular flexibility index (Phi) is 3.73. The summed E-state index contributed by atoms with van der Waals surface area (Å²) >= 11 is 3.48. The lowest BCUT2D eigenvalue weighted by atomic mass is 10.2. The molecule has 0 amide bonds. The van der Waals surface area contributed by atoms with Crippen LogP contribution in [0.5, 0.6) is 0 Å². The van der Waals surface area contributed by atoms with Gasteiger partial charge in [-0.05, 0) is 38.5 Å². The summed E-state index contributed by atoms with van der Waals surface area (Å²) in [5, 5.41) is 2.27. The molecule has 1 atom stereocenters. The Morgan fingerprint density at radius 1 is 1.08 bits per heavy atom. The van der Waals surface area contributed by atoms with Crippen LogP contribution in [0.2, 0.25) is 0 Å². The van der Waals surface area contributed by atoms with E-state index in [0.717, 1.165) is 26.6 Å². The van der Waals surface area contributed by atoms with Gasteiger partial charge in [-0.2, -0.15) is 0 Å². The number of anilines is 1. The smallest absolute Gasteiger partial charge is 0.141 e. The van der Waals surface area contributed by atoms with E-state index in [4.69, 9.17) is 4.98 Å². The molecule has 6 heteroatoms. The number of aryl methyl sites for hydroxylation is 2. The van der Waals surface area contributed by atoms with Gasteiger partial charge in [-0.15, -0.1) is 22.7 Å². The number of nitrogens with zero attached hydrogens (tertiary/aromatic N) is 4. The van der Waals surface area contributed by atoms with Gasteiger partial charge in [0.2, 0.25) is 0 Å². The van der Waals surface area contributed by atoms with E-state index in [0.29, 0.717) is 0 Å². The maximum atomic E-state index is 4.80. The predicted molar refractivity (Wildman–Crippen MR) is 103 cm³/mol. The van der Waals surface area contributed by atoms with Gasteiger partial charge in [-0.1, -0.05) is 12.1 Å². The fourth-order valence-corrected chi connectivity index (χ4v) is 4.90. The van der Waals surface area contributed by atoms with Crippen LogP contribution in [-0.2, 0) is 0 Å². The fourth-order valence-electron chi connectivity index (χ4n) is 2.85. The zero-order valence-corrected chi connectivity index (χ0v) is 15.7.